The normalized spacial score (nSPS) is 11.6. The molecule has 0 aliphatic rings. The number of methoxy groups -OCH3 is 1. The minimum atomic E-state index is -0.791. The van der Waals surface area contributed by atoms with E-state index in [1.165, 1.54) is 25.3 Å². The molecule has 3 nitrogen and oxygen atoms in total. The van der Waals surface area contributed by atoms with Gasteiger partial charge in [0.05, 0.1) is 13.7 Å². The molecule has 1 atom stereocenters. The average Bonchev–Trinajstić information content (AvgIpc) is 2.33. The van der Waals surface area contributed by atoms with Crippen LogP contribution in [0.5, 0.6) is 0 Å². The van der Waals surface area contributed by atoms with E-state index in [9.17, 15) is 9.18 Å². The van der Waals surface area contributed by atoms with Crippen LogP contribution in [0, 0.1) is 18.2 Å². The predicted octanol–water partition coefficient (Wildman–Crippen LogP) is 2.03. The molecule has 0 fully saturated rings. The molecule has 1 aromatic carbocycles. The van der Waals surface area contributed by atoms with Crippen molar-refractivity contribution < 1.29 is 13.9 Å². The Balaban J connectivity index is 3.08. The van der Waals surface area contributed by atoms with Gasteiger partial charge >= 0.3 is 5.97 Å². The highest BCUT2D eigenvalue weighted by Gasteiger charge is 2.23. The van der Waals surface area contributed by atoms with Crippen LogP contribution in [0.4, 0.5) is 4.39 Å². The molecule has 0 amide bonds. The van der Waals surface area contributed by atoms with Crippen LogP contribution in [0.3, 0.4) is 0 Å². The summed E-state index contributed by atoms with van der Waals surface area (Å²) in [5.74, 6) is 1.40. The monoisotopic (exact) mass is 299 g/mol. The largest absolute Gasteiger partial charge is 0.468 e. The highest BCUT2D eigenvalue weighted by atomic mass is 79.9. The lowest BCUT2D eigenvalue weighted by atomic mass is 10.1. The summed E-state index contributed by atoms with van der Waals surface area (Å²) in [5, 5.41) is 2.80. The molecule has 17 heavy (non-hydrogen) atoms. The zero-order chi connectivity index (χ0) is 12.8. The zero-order valence-electron chi connectivity index (χ0n) is 9.17. The summed E-state index contributed by atoms with van der Waals surface area (Å²) in [7, 11) is 1.26. The number of esters is 1. The third kappa shape index (κ3) is 3.55. The number of rotatable bonds is 4. The number of hydrogen-bond donors (Lipinski definition) is 1. The van der Waals surface area contributed by atoms with Gasteiger partial charge < -0.3 is 4.74 Å². The van der Waals surface area contributed by atoms with Gasteiger partial charge in [-0.3, -0.25) is 5.32 Å². The molecule has 0 spiro atoms. The summed E-state index contributed by atoms with van der Waals surface area (Å²) < 4.78 is 18.4. The predicted molar refractivity (Wildman–Crippen MR) is 65.7 cm³/mol. The van der Waals surface area contributed by atoms with Gasteiger partial charge in [0.1, 0.15) is 11.9 Å². The van der Waals surface area contributed by atoms with Gasteiger partial charge in [-0.1, -0.05) is 21.9 Å². The maximum Gasteiger partial charge on any atom is 0.327 e. The first-order valence-corrected chi connectivity index (χ1v) is 5.59. The van der Waals surface area contributed by atoms with Crippen LogP contribution in [0.2, 0.25) is 0 Å². The Morgan fingerprint density at radius 2 is 2.41 bits per heavy atom. The van der Waals surface area contributed by atoms with E-state index in [2.05, 4.69) is 31.9 Å². The lowest BCUT2D eigenvalue weighted by Crippen LogP contribution is -2.30. The molecule has 0 saturated heterocycles. The maximum absolute atomic E-state index is 13.2. The molecule has 90 valence electrons. The number of ether oxygens (including phenoxy) is 1. The van der Waals surface area contributed by atoms with Crippen molar-refractivity contribution in [1.82, 2.24) is 5.32 Å². The molecular formula is C12H11BrFNO2. The van der Waals surface area contributed by atoms with Crippen LogP contribution in [-0.4, -0.2) is 19.6 Å². The van der Waals surface area contributed by atoms with Gasteiger partial charge in [0, 0.05) is 4.47 Å². The fraction of sp³-hybridized carbons (Fsp3) is 0.250. The number of carbonyl (C=O) groups excluding carboxylic acids is 1. The van der Waals surface area contributed by atoms with E-state index in [0.717, 1.165) is 0 Å². The summed E-state index contributed by atoms with van der Waals surface area (Å²) in [4.78, 5) is 11.6. The van der Waals surface area contributed by atoms with Crippen LogP contribution in [0.25, 0.3) is 0 Å². The molecular weight excluding hydrogens is 289 g/mol. The number of carbonyl (C=O) groups is 1. The maximum atomic E-state index is 13.2. The molecule has 0 aliphatic heterocycles. The molecule has 0 bridgehead atoms. The molecule has 0 saturated carbocycles. The minimum absolute atomic E-state index is 0.183. The highest BCUT2D eigenvalue weighted by molar-refractivity contribution is 9.10. The Labute approximate surface area is 107 Å². The van der Waals surface area contributed by atoms with Crippen molar-refractivity contribution in [3.63, 3.8) is 0 Å². The summed E-state index contributed by atoms with van der Waals surface area (Å²) >= 11 is 3.25. The summed E-state index contributed by atoms with van der Waals surface area (Å²) in [6.45, 7) is 0.183. The number of benzene rings is 1. The van der Waals surface area contributed by atoms with Crippen molar-refractivity contribution in [2.24, 2.45) is 0 Å². The van der Waals surface area contributed by atoms with Gasteiger partial charge in [-0.25, -0.2) is 9.18 Å². The quantitative estimate of drug-likeness (QED) is 0.683. The Kier molecular flexibility index (Phi) is 5.13. The summed E-state index contributed by atoms with van der Waals surface area (Å²) in [6, 6.07) is 3.29. The van der Waals surface area contributed by atoms with Gasteiger partial charge in [0.2, 0.25) is 0 Å². The molecule has 0 radical (unpaired) electrons. The molecule has 1 aromatic rings. The van der Waals surface area contributed by atoms with Gasteiger partial charge in [-0.05, 0) is 23.8 Å². The van der Waals surface area contributed by atoms with Gasteiger partial charge in [-0.15, -0.1) is 6.42 Å². The van der Waals surface area contributed by atoms with E-state index in [1.807, 2.05) is 0 Å². The molecule has 1 N–H and O–H groups in total. The fourth-order valence-electron chi connectivity index (χ4n) is 1.33. The third-order valence-corrected chi connectivity index (χ3v) is 2.84. The van der Waals surface area contributed by atoms with Crippen molar-refractivity contribution in [2.45, 2.75) is 6.04 Å². The molecule has 5 heteroatoms. The molecule has 1 rings (SSSR count). The van der Waals surface area contributed by atoms with Gasteiger partial charge in [0.15, 0.2) is 0 Å². The van der Waals surface area contributed by atoms with E-state index >= 15 is 0 Å². The number of halogens is 2. The summed E-state index contributed by atoms with van der Waals surface area (Å²) in [6.07, 6.45) is 5.11. The third-order valence-electron chi connectivity index (χ3n) is 2.11. The average molecular weight is 300 g/mol. The second-order valence-electron chi connectivity index (χ2n) is 3.21. The number of nitrogens with one attached hydrogen (secondary N) is 1. The second-order valence-corrected chi connectivity index (χ2v) is 4.06. The minimum Gasteiger partial charge on any atom is -0.468 e. The molecule has 0 heterocycles. The van der Waals surface area contributed by atoms with Crippen LogP contribution < -0.4 is 5.32 Å². The zero-order valence-corrected chi connectivity index (χ0v) is 10.8. The Hall–Kier alpha value is -1.38. The van der Waals surface area contributed by atoms with Crippen molar-refractivity contribution in [2.75, 3.05) is 13.7 Å². The molecule has 0 aliphatic carbocycles. The van der Waals surface area contributed by atoms with Crippen LogP contribution in [0.1, 0.15) is 11.6 Å². The van der Waals surface area contributed by atoms with Crippen LogP contribution >= 0.6 is 15.9 Å². The fourth-order valence-corrected chi connectivity index (χ4v) is 1.81. The number of hydrogen-bond acceptors (Lipinski definition) is 3. The lowest BCUT2D eigenvalue weighted by Gasteiger charge is -2.16. The van der Waals surface area contributed by atoms with E-state index in [1.54, 1.807) is 0 Å². The Morgan fingerprint density at radius 3 is 3.00 bits per heavy atom. The molecule has 1 unspecified atom stereocenters. The second kappa shape index (κ2) is 6.38. The van der Waals surface area contributed by atoms with Gasteiger partial charge in [-0.2, -0.15) is 0 Å². The Bertz CT molecular complexity index is 456. The molecule has 0 aromatic heterocycles. The summed E-state index contributed by atoms with van der Waals surface area (Å²) in [5.41, 5.74) is 0.451. The first-order valence-electron chi connectivity index (χ1n) is 4.79. The van der Waals surface area contributed by atoms with Crippen LogP contribution in [-0.2, 0) is 9.53 Å². The smallest absolute Gasteiger partial charge is 0.327 e. The standard InChI is InChI=1S/C12H11BrFNO2/c1-3-6-15-11(12(16)17-2)9-7-8(14)4-5-10(9)13/h1,4-5,7,11,15H,6H2,2H3. The van der Waals surface area contributed by atoms with E-state index in [0.29, 0.717) is 10.0 Å². The Morgan fingerprint density at radius 1 is 1.71 bits per heavy atom. The highest BCUT2D eigenvalue weighted by Crippen LogP contribution is 2.25. The lowest BCUT2D eigenvalue weighted by molar-refractivity contribution is -0.143. The van der Waals surface area contributed by atoms with Crippen molar-refractivity contribution in [1.29, 1.82) is 0 Å². The van der Waals surface area contributed by atoms with Crippen molar-refractivity contribution in [3.05, 3.63) is 34.1 Å². The van der Waals surface area contributed by atoms with Crippen molar-refractivity contribution in [3.8, 4) is 12.3 Å². The van der Waals surface area contributed by atoms with Crippen LogP contribution in [0.15, 0.2) is 22.7 Å². The van der Waals surface area contributed by atoms with Gasteiger partial charge in [0.25, 0.3) is 0 Å². The van der Waals surface area contributed by atoms with E-state index < -0.39 is 17.8 Å². The topological polar surface area (TPSA) is 38.3 Å². The van der Waals surface area contributed by atoms with E-state index in [-0.39, 0.29) is 6.54 Å². The SMILES string of the molecule is C#CCNC(C(=O)OC)c1cc(F)ccc1Br. The van der Waals surface area contributed by atoms with Crippen molar-refractivity contribution >= 4 is 21.9 Å². The number of terminal acetylenes is 1. The first kappa shape index (κ1) is 13.7. The first-order chi connectivity index (χ1) is 8.10. The van der Waals surface area contributed by atoms with E-state index in [4.69, 9.17) is 6.42 Å².